The second kappa shape index (κ2) is 6.72. The van der Waals surface area contributed by atoms with Gasteiger partial charge in [0.25, 0.3) is 5.91 Å². The van der Waals surface area contributed by atoms with Gasteiger partial charge in [0, 0.05) is 5.69 Å². The van der Waals surface area contributed by atoms with Gasteiger partial charge in [0.15, 0.2) is 5.69 Å². The van der Waals surface area contributed by atoms with Crippen LogP contribution in [0, 0.1) is 12.7 Å². The first-order chi connectivity index (χ1) is 12.6. The van der Waals surface area contributed by atoms with Crippen LogP contribution in [0.15, 0.2) is 54.6 Å². The minimum Gasteiger partial charge on any atom is -0.365 e. The van der Waals surface area contributed by atoms with Gasteiger partial charge < -0.3 is 10.1 Å². The highest BCUT2D eigenvalue weighted by atomic mass is 19.1. The molecular weight excluding hydrogens is 333 g/mol. The summed E-state index contributed by atoms with van der Waals surface area (Å²) in [7, 11) is 0. The van der Waals surface area contributed by atoms with Gasteiger partial charge in [-0.2, -0.15) is 5.10 Å². The van der Waals surface area contributed by atoms with Gasteiger partial charge >= 0.3 is 0 Å². The van der Waals surface area contributed by atoms with Gasteiger partial charge in [-0.25, -0.2) is 4.39 Å². The molecule has 2 aromatic carbocycles. The number of rotatable bonds is 3. The van der Waals surface area contributed by atoms with Crippen molar-refractivity contribution in [3.8, 4) is 0 Å². The number of benzene rings is 2. The van der Waals surface area contributed by atoms with Crippen LogP contribution in [0.2, 0.25) is 0 Å². The number of halogens is 1. The second-order valence-electron chi connectivity index (χ2n) is 6.38. The van der Waals surface area contributed by atoms with E-state index < -0.39 is 5.82 Å². The number of hydrogen-bond donors (Lipinski definition) is 1. The van der Waals surface area contributed by atoms with E-state index >= 15 is 0 Å². The van der Waals surface area contributed by atoms with Crippen molar-refractivity contribution in [1.29, 1.82) is 0 Å². The van der Waals surface area contributed by atoms with Crippen LogP contribution in [0.5, 0.6) is 0 Å². The van der Waals surface area contributed by atoms with Gasteiger partial charge in [0.05, 0.1) is 18.8 Å². The third-order valence-corrected chi connectivity index (χ3v) is 4.40. The van der Waals surface area contributed by atoms with E-state index in [1.807, 2.05) is 19.1 Å². The molecule has 1 aromatic heterocycles. The first-order valence-corrected chi connectivity index (χ1v) is 8.40. The van der Waals surface area contributed by atoms with Crippen molar-refractivity contribution < 1.29 is 13.9 Å². The molecule has 5 nitrogen and oxygen atoms in total. The Morgan fingerprint density at radius 3 is 2.81 bits per heavy atom. The summed E-state index contributed by atoms with van der Waals surface area (Å²) < 4.78 is 21.0. The zero-order valence-corrected chi connectivity index (χ0v) is 14.3. The minimum atomic E-state index is -0.402. The van der Waals surface area contributed by atoms with Crippen LogP contribution in [-0.4, -0.2) is 15.7 Å². The Bertz CT molecular complexity index is 950. The molecule has 0 bridgehead atoms. The van der Waals surface area contributed by atoms with Crippen molar-refractivity contribution >= 4 is 11.6 Å². The maximum absolute atomic E-state index is 13.2. The molecule has 6 heteroatoms. The zero-order chi connectivity index (χ0) is 18.1. The monoisotopic (exact) mass is 351 g/mol. The summed E-state index contributed by atoms with van der Waals surface area (Å²) in [4.78, 5) is 12.4. The lowest BCUT2D eigenvalue weighted by Crippen LogP contribution is -2.22. The number of ether oxygens (including phenoxy) is 1. The molecule has 0 unspecified atom stereocenters. The third kappa shape index (κ3) is 3.36. The molecule has 0 aliphatic carbocycles. The molecular formula is C20H18FN3O2. The van der Waals surface area contributed by atoms with Gasteiger partial charge in [0.1, 0.15) is 11.9 Å². The average molecular weight is 351 g/mol. The Balaban J connectivity index is 1.50. The van der Waals surface area contributed by atoms with Crippen molar-refractivity contribution in [2.75, 3.05) is 5.32 Å². The van der Waals surface area contributed by atoms with Crippen molar-refractivity contribution in [3.63, 3.8) is 0 Å². The van der Waals surface area contributed by atoms with Crippen molar-refractivity contribution in [2.45, 2.75) is 26.2 Å². The molecule has 0 saturated heterocycles. The fraction of sp³-hybridized carbons (Fsp3) is 0.200. The number of hydrogen-bond acceptors (Lipinski definition) is 3. The lowest BCUT2D eigenvalue weighted by atomic mass is 10.1. The van der Waals surface area contributed by atoms with Gasteiger partial charge in [-0.3, -0.25) is 9.48 Å². The summed E-state index contributed by atoms with van der Waals surface area (Å²) in [5, 5.41) is 7.06. The van der Waals surface area contributed by atoms with Crippen LogP contribution in [-0.2, 0) is 17.9 Å². The summed E-state index contributed by atoms with van der Waals surface area (Å²) in [5.41, 5.74) is 3.81. The van der Waals surface area contributed by atoms with E-state index in [0.717, 1.165) is 11.3 Å². The first kappa shape index (κ1) is 16.5. The van der Waals surface area contributed by atoms with Crippen molar-refractivity contribution in [2.24, 2.45) is 0 Å². The number of fused-ring (bicyclic) bond motifs is 1. The minimum absolute atomic E-state index is 0.0952. The Kier molecular flexibility index (Phi) is 4.26. The fourth-order valence-electron chi connectivity index (χ4n) is 2.98. The van der Waals surface area contributed by atoms with E-state index in [0.29, 0.717) is 18.8 Å². The Hall–Kier alpha value is -2.99. The number of amides is 1. The summed E-state index contributed by atoms with van der Waals surface area (Å²) in [6, 6.07) is 15.7. The zero-order valence-electron chi connectivity index (χ0n) is 14.3. The van der Waals surface area contributed by atoms with E-state index in [1.165, 1.54) is 17.7 Å². The Labute approximate surface area is 150 Å². The predicted octanol–water partition coefficient (Wildman–Crippen LogP) is 3.85. The Morgan fingerprint density at radius 1 is 1.23 bits per heavy atom. The van der Waals surface area contributed by atoms with E-state index in [-0.39, 0.29) is 17.7 Å². The number of aromatic nitrogens is 2. The van der Waals surface area contributed by atoms with Crippen LogP contribution in [0.3, 0.4) is 0 Å². The number of carbonyl (C=O) groups is 1. The van der Waals surface area contributed by atoms with Gasteiger partial charge in [-0.1, -0.05) is 35.9 Å². The molecule has 0 fully saturated rings. The largest absolute Gasteiger partial charge is 0.365 e. The van der Waals surface area contributed by atoms with E-state index in [9.17, 15) is 9.18 Å². The second-order valence-corrected chi connectivity index (χ2v) is 6.38. The van der Waals surface area contributed by atoms with Crippen molar-refractivity contribution in [3.05, 3.63) is 82.9 Å². The molecule has 1 N–H and O–H groups in total. The summed E-state index contributed by atoms with van der Waals surface area (Å²) in [5.74, 6) is -0.773. The average Bonchev–Trinajstić information content (AvgIpc) is 3.06. The summed E-state index contributed by atoms with van der Waals surface area (Å²) in [6.45, 7) is 2.98. The smallest absolute Gasteiger partial charge is 0.276 e. The topological polar surface area (TPSA) is 56.2 Å². The SMILES string of the molecule is Cc1ccc([C@@H]2Cn3nc(C(=O)Nc4cccc(F)c4)cc3CO2)cc1. The molecule has 0 saturated carbocycles. The van der Waals surface area contributed by atoms with Crippen molar-refractivity contribution in [1.82, 2.24) is 9.78 Å². The molecule has 3 aromatic rings. The van der Waals surface area contributed by atoms with Gasteiger partial charge in [-0.05, 0) is 36.8 Å². The molecule has 0 spiro atoms. The molecule has 1 amide bonds. The number of aryl methyl sites for hydroxylation is 1. The standard InChI is InChI=1S/C20H18FN3O2/c1-13-5-7-14(8-6-13)19-11-24-17(12-26-19)10-18(23-24)20(25)22-16-4-2-3-15(21)9-16/h2-10,19H,11-12H2,1H3,(H,22,25)/t19-/m0/s1. The van der Waals surface area contributed by atoms with E-state index in [4.69, 9.17) is 4.74 Å². The fourth-order valence-corrected chi connectivity index (χ4v) is 2.98. The quantitative estimate of drug-likeness (QED) is 0.780. The molecule has 132 valence electrons. The van der Waals surface area contributed by atoms with Crippen LogP contribution in [0.25, 0.3) is 0 Å². The Morgan fingerprint density at radius 2 is 2.04 bits per heavy atom. The lowest BCUT2D eigenvalue weighted by Gasteiger charge is -2.24. The maximum Gasteiger partial charge on any atom is 0.276 e. The number of carbonyl (C=O) groups excluding carboxylic acids is 1. The number of anilines is 1. The molecule has 26 heavy (non-hydrogen) atoms. The molecule has 0 radical (unpaired) electrons. The summed E-state index contributed by atoms with van der Waals surface area (Å²) in [6.07, 6.45) is -0.0952. The highest BCUT2D eigenvalue weighted by molar-refractivity contribution is 6.02. The van der Waals surface area contributed by atoms with Crippen LogP contribution in [0.1, 0.15) is 33.4 Å². The third-order valence-electron chi connectivity index (χ3n) is 4.40. The molecule has 4 rings (SSSR count). The normalized spacial score (nSPS) is 16.2. The molecule has 1 aliphatic rings. The molecule has 1 aliphatic heterocycles. The van der Waals surface area contributed by atoms with Gasteiger partial charge in [0.2, 0.25) is 0 Å². The number of nitrogens with one attached hydrogen (secondary N) is 1. The highest BCUT2D eigenvalue weighted by Crippen LogP contribution is 2.27. The number of nitrogens with zero attached hydrogens (tertiary/aromatic N) is 2. The molecule has 1 atom stereocenters. The highest BCUT2D eigenvalue weighted by Gasteiger charge is 2.24. The van der Waals surface area contributed by atoms with Crippen LogP contribution < -0.4 is 5.32 Å². The van der Waals surface area contributed by atoms with Gasteiger partial charge in [-0.15, -0.1) is 0 Å². The lowest BCUT2D eigenvalue weighted by molar-refractivity contribution is -0.00119. The van der Waals surface area contributed by atoms with E-state index in [2.05, 4.69) is 22.5 Å². The maximum atomic E-state index is 13.2. The van der Waals surface area contributed by atoms with Crippen LogP contribution >= 0.6 is 0 Å². The predicted molar refractivity (Wildman–Crippen MR) is 95.3 cm³/mol. The van der Waals surface area contributed by atoms with E-state index in [1.54, 1.807) is 22.9 Å². The van der Waals surface area contributed by atoms with Crippen LogP contribution in [0.4, 0.5) is 10.1 Å². The first-order valence-electron chi connectivity index (χ1n) is 8.40. The molecule has 2 heterocycles. The summed E-state index contributed by atoms with van der Waals surface area (Å²) >= 11 is 0.